The largest absolute Gasteiger partial charge is 0.477 e. The van der Waals surface area contributed by atoms with E-state index in [9.17, 15) is 9.59 Å². The van der Waals surface area contributed by atoms with Gasteiger partial charge in [-0.1, -0.05) is 12.1 Å². The molecule has 1 heterocycles. The van der Waals surface area contributed by atoms with E-state index >= 15 is 0 Å². The van der Waals surface area contributed by atoms with Crippen LogP contribution in [0.25, 0.3) is 11.0 Å². The van der Waals surface area contributed by atoms with Crippen LogP contribution >= 0.6 is 0 Å². The number of hydrogen-bond acceptors (Lipinski definition) is 5. The Morgan fingerprint density at radius 3 is 2.27 bits per heavy atom. The van der Waals surface area contributed by atoms with Gasteiger partial charge in [0.2, 0.25) is 0 Å². The maximum Gasteiger partial charge on any atom is 0.351 e. The number of carboxylic acids is 1. The molecule has 2 aromatic carbocycles. The van der Waals surface area contributed by atoms with Crippen molar-refractivity contribution in [2.75, 3.05) is 30.9 Å². The Labute approximate surface area is 150 Å². The molecule has 0 saturated carbocycles. The highest BCUT2D eigenvalue weighted by molar-refractivity contribution is 5.92. The van der Waals surface area contributed by atoms with Gasteiger partial charge in [-0.05, 0) is 35.9 Å². The monoisotopic (exact) mass is 352 g/mol. The molecule has 1 N–H and O–H groups in total. The van der Waals surface area contributed by atoms with Gasteiger partial charge < -0.3 is 19.3 Å². The minimum atomic E-state index is -1.29. The van der Waals surface area contributed by atoms with Crippen molar-refractivity contribution in [2.45, 2.75) is 6.54 Å². The summed E-state index contributed by atoms with van der Waals surface area (Å²) in [7, 11) is 5.95. The fourth-order valence-electron chi connectivity index (χ4n) is 2.75. The number of rotatable bonds is 5. The summed E-state index contributed by atoms with van der Waals surface area (Å²) >= 11 is 0. The molecule has 0 amide bonds. The predicted molar refractivity (Wildman–Crippen MR) is 102 cm³/mol. The zero-order valence-electron chi connectivity index (χ0n) is 14.9. The first-order chi connectivity index (χ1) is 12.3. The molecule has 0 aliphatic rings. The van der Waals surface area contributed by atoms with E-state index < -0.39 is 11.6 Å². The molecule has 0 radical (unpaired) electrons. The van der Waals surface area contributed by atoms with Gasteiger partial charge in [-0.15, -0.1) is 0 Å². The van der Waals surface area contributed by atoms with Gasteiger partial charge in [0.15, 0.2) is 0 Å². The minimum Gasteiger partial charge on any atom is -0.477 e. The molecule has 1 aromatic heterocycles. The summed E-state index contributed by atoms with van der Waals surface area (Å²) in [6.07, 6.45) is 0. The SMILES string of the molecule is CN(C)c1ccc(CN(C)c2ccc3cc(C(=O)O)c(=O)oc3c2)cc1. The van der Waals surface area contributed by atoms with E-state index in [1.165, 1.54) is 6.07 Å². The van der Waals surface area contributed by atoms with Gasteiger partial charge in [0.1, 0.15) is 11.1 Å². The smallest absolute Gasteiger partial charge is 0.351 e. The normalized spacial score (nSPS) is 10.7. The van der Waals surface area contributed by atoms with E-state index in [-0.39, 0.29) is 5.56 Å². The second-order valence-electron chi connectivity index (χ2n) is 6.39. The van der Waals surface area contributed by atoms with Gasteiger partial charge in [-0.25, -0.2) is 9.59 Å². The standard InChI is InChI=1S/C20H20N2O4/c1-21(2)15-7-4-13(5-8-15)12-22(3)16-9-6-14-10-17(19(23)24)20(25)26-18(14)11-16/h4-11H,12H2,1-3H3,(H,23,24). The first-order valence-electron chi connectivity index (χ1n) is 8.14. The van der Waals surface area contributed by atoms with Crippen molar-refractivity contribution in [3.63, 3.8) is 0 Å². The lowest BCUT2D eigenvalue weighted by Gasteiger charge is -2.20. The van der Waals surface area contributed by atoms with Gasteiger partial charge in [0.25, 0.3) is 0 Å². The molecule has 6 heteroatoms. The van der Waals surface area contributed by atoms with Gasteiger partial charge in [0, 0.05) is 50.5 Å². The average Bonchev–Trinajstić information content (AvgIpc) is 2.60. The fraction of sp³-hybridized carbons (Fsp3) is 0.200. The molecule has 0 spiro atoms. The average molecular weight is 352 g/mol. The number of aromatic carboxylic acids is 1. The number of carbonyl (C=O) groups is 1. The molecule has 0 atom stereocenters. The second kappa shape index (κ2) is 6.92. The summed E-state index contributed by atoms with van der Waals surface area (Å²) in [5.74, 6) is -1.29. The summed E-state index contributed by atoms with van der Waals surface area (Å²) in [6, 6.07) is 15.0. The highest BCUT2D eigenvalue weighted by atomic mass is 16.4. The zero-order valence-corrected chi connectivity index (χ0v) is 14.9. The molecule has 0 aliphatic carbocycles. The van der Waals surface area contributed by atoms with Crippen molar-refractivity contribution in [3.8, 4) is 0 Å². The first kappa shape index (κ1) is 17.5. The number of fused-ring (bicyclic) bond motifs is 1. The van der Waals surface area contributed by atoms with E-state index in [1.54, 1.807) is 12.1 Å². The van der Waals surface area contributed by atoms with Crippen LogP contribution in [0.2, 0.25) is 0 Å². The molecule has 6 nitrogen and oxygen atoms in total. The fourth-order valence-corrected chi connectivity index (χ4v) is 2.75. The lowest BCUT2D eigenvalue weighted by Crippen LogP contribution is -2.17. The van der Waals surface area contributed by atoms with Crippen molar-refractivity contribution in [3.05, 3.63) is 70.1 Å². The first-order valence-corrected chi connectivity index (χ1v) is 8.14. The van der Waals surface area contributed by atoms with Crippen molar-refractivity contribution in [1.82, 2.24) is 0 Å². The van der Waals surface area contributed by atoms with Crippen molar-refractivity contribution in [1.29, 1.82) is 0 Å². The molecule has 3 rings (SSSR count). The van der Waals surface area contributed by atoms with Gasteiger partial charge in [-0.2, -0.15) is 0 Å². The molecular weight excluding hydrogens is 332 g/mol. The number of anilines is 2. The summed E-state index contributed by atoms with van der Waals surface area (Å²) < 4.78 is 5.17. The summed E-state index contributed by atoms with van der Waals surface area (Å²) in [4.78, 5) is 26.9. The Morgan fingerprint density at radius 1 is 1.00 bits per heavy atom. The lowest BCUT2D eigenvalue weighted by atomic mass is 10.1. The number of hydrogen-bond donors (Lipinski definition) is 1. The molecule has 0 aliphatic heterocycles. The topological polar surface area (TPSA) is 74.0 Å². The van der Waals surface area contributed by atoms with Crippen LogP contribution in [-0.2, 0) is 6.54 Å². The minimum absolute atomic E-state index is 0.361. The zero-order chi connectivity index (χ0) is 18.8. The van der Waals surface area contributed by atoms with Crippen LogP contribution in [0.5, 0.6) is 0 Å². The van der Waals surface area contributed by atoms with Crippen LogP contribution < -0.4 is 15.4 Å². The third kappa shape index (κ3) is 3.54. The Kier molecular flexibility index (Phi) is 4.67. The Morgan fingerprint density at radius 2 is 1.65 bits per heavy atom. The summed E-state index contributed by atoms with van der Waals surface area (Å²) in [5.41, 5.74) is 2.33. The van der Waals surface area contributed by atoms with Crippen LogP contribution in [0.4, 0.5) is 11.4 Å². The highest BCUT2D eigenvalue weighted by Crippen LogP contribution is 2.23. The van der Waals surface area contributed by atoms with Crippen LogP contribution in [0, 0.1) is 0 Å². The van der Waals surface area contributed by atoms with E-state index in [0.29, 0.717) is 17.5 Å². The van der Waals surface area contributed by atoms with Gasteiger partial charge in [-0.3, -0.25) is 0 Å². The van der Waals surface area contributed by atoms with Gasteiger partial charge in [0.05, 0.1) is 0 Å². The number of nitrogens with zero attached hydrogens (tertiary/aromatic N) is 2. The van der Waals surface area contributed by atoms with Crippen molar-refractivity contribution in [2.24, 2.45) is 0 Å². The molecule has 0 unspecified atom stereocenters. The number of benzene rings is 2. The van der Waals surface area contributed by atoms with Crippen molar-refractivity contribution >= 4 is 28.3 Å². The van der Waals surface area contributed by atoms with E-state index in [4.69, 9.17) is 9.52 Å². The molecule has 0 saturated heterocycles. The Balaban J connectivity index is 1.86. The molecule has 26 heavy (non-hydrogen) atoms. The Bertz CT molecular complexity index is 1010. The molecule has 0 fully saturated rings. The van der Waals surface area contributed by atoms with Crippen LogP contribution in [-0.4, -0.2) is 32.2 Å². The second-order valence-corrected chi connectivity index (χ2v) is 6.39. The lowest BCUT2D eigenvalue weighted by molar-refractivity contribution is 0.0692. The quantitative estimate of drug-likeness (QED) is 0.711. The summed E-state index contributed by atoms with van der Waals surface area (Å²) in [5, 5.41) is 9.59. The third-order valence-corrected chi connectivity index (χ3v) is 4.26. The maximum atomic E-state index is 11.8. The predicted octanol–water partition coefficient (Wildman–Crippen LogP) is 3.19. The van der Waals surface area contributed by atoms with Crippen LogP contribution in [0.1, 0.15) is 15.9 Å². The van der Waals surface area contributed by atoms with E-state index in [0.717, 1.165) is 16.9 Å². The van der Waals surface area contributed by atoms with Crippen molar-refractivity contribution < 1.29 is 14.3 Å². The van der Waals surface area contributed by atoms with Crippen LogP contribution in [0.15, 0.2) is 57.7 Å². The number of carboxylic acid groups (broad SMARTS) is 1. The third-order valence-electron chi connectivity index (χ3n) is 4.26. The molecule has 0 bridgehead atoms. The highest BCUT2D eigenvalue weighted by Gasteiger charge is 2.13. The van der Waals surface area contributed by atoms with Crippen LogP contribution in [0.3, 0.4) is 0 Å². The Hall–Kier alpha value is -3.28. The van der Waals surface area contributed by atoms with E-state index in [1.807, 2.05) is 37.0 Å². The molecule has 134 valence electrons. The molecule has 3 aromatic rings. The maximum absolute atomic E-state index is 11.8. The van der Waals surface area contributed by atoms with Gasteiger partial charge >= 0.3 is 11.6 Å². The summed E-state index contributed by atoms with van der Waals surface area (Å²) in [6.45, 7) is 0.691. The van der Waals surface area contributed by atoms with E-state index in [2.05, 4.69) is 24.3 Å². The molecular formula is C20H20N2O4.